The van der Waals surface area contributed by atoms with Crippen LogP contribution in [0.2, 0.25) is 0 Å². The third-order valence-electron chi connectivity index (χ3n) is 4.64. The highest BCUT2D eigenvalue weighted by Crippen LogP contribution is 2.22. The molecule has 0 bridgehead atoms. The molecule has 2 fully saturated rings. The van der Waals surface area contributed by atoms with E-state index < -0.39 is 0 Å². The highest BCUT2D eigenvalue weighted by atomic mass is 35.5. The molecule has 2 aliphatic rings. The van der Waals surface area contributed by atoms with Gasteiger partial charge in [-0.2, -0.15) is 0 Å². The number of halogens is 2. The Morgan fingerprint density at radius 2 is 0.947 bits per heavy atom. The topological polar surface area (TPSA) is 24.1 Å². The zero-order valence-corrected chi connectivity index (χ0v) is 13.8. The van der Waals surface area contributed by atoms with Crippen molar-refractivity contribution < 1.29 is 0 Å². The summed E-state index contributed by atoms with van der Waals surface area (Å²) in [6.07, 6.45) is 13.1. The maximum atomic E-state index is 3.45. The molecule has 0 aromatic heterocycles. The van der Waals surface area contributed by atoms with Gasteiger partial charge in [-0.1, -0.05) is 32.1 Å². The van der Waals surface area contributed by atoms with Gasteiger partial charge >= 0.3 is 0 Å². The van der Waals surface area contributed by atoms with Crippen molar-refractivity contribution in [3.63, 3.8) is 0 Å². The van der Waals surface area contributed by atoms with Gasteiger partial charge in [0.25, 0.3) is 0 Å². The zero-order valence-electron chi connectivity index (χ0n) is 12.2. The molecular weight excluding hydrogens is 279 g/mol. The van der Waals surface area contributed by atoms with Crippen LogP contribution in [0.5, 0.6) is 0 Å². The second-order valence-electron chi connectivity index (χ2n) is 6.02. The van der Waals surface area contributed by atoms with Gasteiger partial charge in [-0.15, -0.1) is 24.8 Å². The van der Waals surface area contributed by atoms with E-state index in [-0.39, 0.29) is 24.8 Å². The summed E-state index contributed by atoms with van der Waals surface area (Å²) in [7, 11) is 0. The Kier molecular flexibility index (Phi) is 12.6. The van der Waals surface area contributed by atoms with Crippen LogP contribution in [-0.2, 0) is 0 Å². The van der Waals surface area contributed by atoms with Gasteiger partial charge < -0.3 is 10.6 Å². The van der Waals surface area contributed by atoms with Gasteiger partial charge in [-0.05, 0) is 63.7 Å². The van der Waals surface area contributed by atoms with Gasteiger partial charge in [-0.25, -0.2) is 0 Å². The van der Waals surface area contributed by atoms with Crippen molar-refractivity contribution in [2.24, 2.45) is 11.8 Å². The van der Waals surface area contributed by atoms with Crippen molar-refractivity contribution in [3.8, 4) is 0 Å². The predicted molar refractivity (Wildman–Crippen MR) is 88.8 cm³/mol. The van der Waals surface area contributed by atoms with Crippen LogP contribution in [0.25, 0.3) is 0 Å². The Morgan fingerprint density at radius 1 is 0.579 bits per heavy atom. The summed E-state index contributed by atoms with van der Waals surface area (Å²) in [5.41, 5.74) is 0. The van der Waals surface area contributed by atoms with E-state index in [1.54, 1.807) is 0 Å². The van der Waals surface area contributed by atoms with Crippen LogP contribution < -0.4 is 10.6 Å². The fraction of sp³-hybridized carbons (Fsp3) is 1.00. The van der Waals surface area contributed by atoms with Crippen LogP contribution in [0.3, 0.4) is 0 Å². The standard InChI is InChI=1S/C15H30N2.2ClH/c1(2-4-14-6-10-16-11-7-14)3-5-15-8-12-17-13-9-15;;/h14-17H,1-13H2;2*1H. The molecular formula is C15H32Cl2N2. The molecule has 2 aliphatic heterocycles. The fourth-order valence-electron chi connectivity index (χ4n) is 3.38. The van der Waals surface area contributed by atoms with E-state index >= 15 is 0 Å². The Labute approximate surface area is 131 Å². The lowest BCUT2D eigenvalue weighted by molar-refractivity contribution is 0.324. The monoisotopic (exact) mass is 310 g/mol. The summed E-state index contributed by atoms with van der Waals surface area (Å²) in [6.45, 7) is 5.05. The molecule has 116 valence electrons. The lowest BCUT2D eigenvalue weighted by Gasteiger charge is -2.23. The molecule has 0 saturated carbocycles. The predicted octanol–water partition coefficient (Wildman–Crippen LogP) is 3.78. The number of unbranched alkanes of at least 4 members (excludes halogenated alkanes) is 2. The van der Waals surface area contributed by atoms with Gasteiger partial charge in [0.1, 0.15) is 0 Å². The average molecular weight is 311 g/mol. The van der Waals surface area contributed by atoms with Gasteiger partial charge in [0.05, 0.1) is 0 Å². The van der Waals surface area contributed by atoms with Crippen LogP contribution in [0.4, 0.5) is 0 Å². The molecule has 0 aromatic carbocycles. The van der Waals surface area contributed by atoms with Crippen molar-refractivity contribution in [1.29, 1.82) is 0 Å². The number of rotatable bonds is 6. The molecule has 0 amide bonds. The van der Waals surface area contributed by atoms with Crippen molar-refractivity contribution in [3.05, 3.63) is 0 Å². The van der Waals surface area contributed by atoms with Crippen molar-refractivity contribution in [1.82, 2.24) is 10.6 Å². The van der Waals surface area contributed by atoms with E-state index in [1.807, 2.05) is 0 Å². The van der Waals surface area contributed by atoms with E-state index in [4.69, 9.17) is 0 Å². The fourth-order valence-corrected chi connectivity index (χ4v) is 3.38. The maximum Gasteiger partial charge on any atom is -0.00463 e. The average Bonchev–Trinajstić information content (AvgIpc) is 2.41. The van der Waals surface area contributed by atoms with Crippen LogP contribution in [0.15, 0.2) is 0 Å². The summed E-state index contributed by atoms with van der Waals surface area (Å²) < 4.78 is 0. The Morgan fingerprint density at radius 3 is 1.32 bits per heavy atom. The van der Waals surface area contributed by atoms with E-state index in [0.717, 1.165) is 11.8 Å². The molecule has 0 atom stereocenters. The number of hydrogen-bond acceptors (Lipinski definition) is 2. The Hall–Kier alpha value is 0.500. The van der Waals surface area contributed by atoms with Gasteiger partial charge in [0.2, 0.25) is 0 Å². The summed E-state index contributed by atoms with van der Waals surface area (Å²) >= 11 is 0. The molecule has 0 spiro atoms. The SMILES string of the molecule is C(CCC1CCNCC1)CCC1CCNCC1.Cl.Cl. The first kappa shape index (κ1) is 19.5. The minimum Gasteiger partial charge on any atom is -0.317 e. The first-order chi connectivity index (χ1) is 8.45. The van der Waals surface area contributed by atoms with Crippen LogP contribution >= 0.6 is 24.8 Å². The summed E-state index contributed by atoms with van der Waals surface area (Å²) in [5.74, 6) is 2.07. The smallest absolute Gasteiger partial charge is 0.00463 e. The van der Waals surface area contributed by atoms with E-state index in [1.165, 1.54) is 84.0 Å². The molecule has 0 radical (unpaired) electrons. The quantitative estimate of drug-likeness (QED) is 0.730. The van der Waals surface area contributed by atoms with Gasteiger partial charge in [-0.3, -0.25) is 0 Å². The number of nitrogens with one attached hydrogen (secondary N) is 2. The van der Waals surface area contributed by atoms with Crippen molar-refractivity contribution in [2.75, 3.05) is 26.2 Å². The molecule has 4 heteroatoms. The van der Waals surface area contributed by atoms with Gasteiger partial charge in [0.15, 0.2) is 0 Å². The highest BCUT2D eigenvalue weighted by Gasteiger charge is 2.13. The summed E-state index contributed by atoms with van der Waals surface area (Å²) in [6, 6.07) is 0. The highest BCUT2D eigenvalue weighted by molar-refractivity contribution is 5.85. The third-order valence-corrected chi connectivity index (χ3v) is 4.64. The first-order valence-electron chi connectivity index (χ1n) is 7.86. The molecule has 0 unspecified atom stereocenters. The lowest BCUT2D eigenvalue weighted by atomic mass is 9.89. The zero-order chi connectivity index (χ0) is 11.8. The molecule has 0 aliphatic carbocycles. The normalized spacial score (nSPS) is 21.5. The second-order valence-corrected chi connectivity index (χ2v) is 6.02. The number of piperidine rings is 2. The van der Waals surface area contributed by atoms with E-state index in [2.05, 4.69) is 10.6 Å². The van der Waals surface area contributed by atoms with Crippen LogP contribution in [0.1, 0.15) is 57.8 Å². The molecule has 2 nitrogen and oxygen atoms in total. The van der Waals surface area contributed by atoms with Crippen LogP contribution in [0, 0.1) is 11.8 Å². The van der Waals surface area contributed by atoms with Crippen molar-refractivity contribution >= 4 is 24.8 Å². The number of hydrogen-bond donors (Lipinski definition) is 2. The molecule has 19 heavy (non-hydrogen) atoms. The maximum absolute atomic E-state index is 3.45. The lowest BCUT2D eigenvalue weighted by Crippen LogP contribution is -2.28. The molecule has 2 saturated heterocycles. The molecule has 2 N–H and O–H groups in total. The van der Waals surface area contributed by atoms with Crippen LogP contribution in [-0.4, -0.2) is 26.2 Å². The third kappa shape index (κ3) is 8.39. The molecule has 0 aromatic rings. The second kappa shape index (κ2) is 12.3. The van der Waals surface area contributed by atoms with E-state index in [0.29, 0.717) is 0 Å². The summed E-state index contributed by atoms with van der Waals surface area (Å²) in [5, 5.41) is 6.91. The first-order valence-corrected chi connectivity index (χ1v) is 7.86. The van der Waals surface area contributed by atoms with E-state index in [9.17, 15) is 0 Å². The minimum atomic E-state index is 0. The Balaban J connectivity index is 0.00000162. The molecule has 2 rings (SSSR count). The minimum absolute atomic E-state index is 0. The molecule has 2 heterocycles. The Bertz CT molecular complexity index is 171. The summed E-state index contributed by atoms with van der Waals surface area (Å²) in [4.78, 5) is 0. The van der Waals surface area contributed by atoms with Gasteiger partial charge in [0, 0.05) is 0 Å². The largest absolute Gasteiger partial charge is 0.317 e. The van der Waals surface area contributed by atoms with Crippen molar-refractivity contribution in [2.45, 2.75) is 57.8 Å².